The highest BCUT2D eigenvalue weighted by Gasteiger charge is 2.29. The molecule has 0 unspecified atom stereocenters. The highest BCUT2D eigenvalue weighted by Crippen LogP contribution is 2.44. The zero-order valence-corrected chi connectivity index (χ0v) is 49.4. The molecule has 2 heterocycles. The van der Waals surface area contributed by atoms with E-state index in [2.05, 4.69) is 24.7 Å². The first kappa shape index (κ1) is 62.4. The number of alkyl halides is 6. The summed E-state index contributed by atoms with van der Waals surface area (Å²) in [4.78, 5) is 24.6. The van der Waals surface area contributed by atoms with Gasteiger partial charge in [0, 0.05) is 33.3 Å². The third kappa shape index (κ3) is 17.5. The van der Waals surface area contributed by atoms with Crippen molar-refractivity contribution in [1.29, 1.82) is 5.41 Å². The normalized spacial score (nSPS) is 11.2. The van der Waals surface area contributed by atoms with Gasteiger partial charge in [0.2, 0.25) is 15.5 Å². The largest absolute Gasteiger partial charge is 0.487 e. The van der Waals surface area contributed by atoms with Crippen LogP contribution in [0.2, 0.25) is 55.2 Å². The van der Waals surface area contributed by atoms with Crippen molar-refractivity contribution in [3.8, 4) is 17.2 Å². The standard InChI is InChI=1S/C15H8Cl6N2O.C15H9Cl3N2O3.C13H7Cl5O.C3H4Cl3NO/c16-8-3-1-7(2-4-8)6-24-10-5-9-13(12(18)11(10)17)23-14(22-9)15(19,20)21;16-8-3-1-7(2-4-8)6-23-10-5-9-13(12(18)11(10)17)20-14(19-9)15(21)22;14-8-3-1-7(2-4-8)6-19-10-5-9(15)11(16)13(18)12(10)17;1-8-2(7)3(4,5)6/h1-5H,6H2,(H,22,23);1-5H,6H2,(H,19,20)(H,21,22);1-5H,6H2;7H,1H3. The summed E-state index contributed by atoms with van der Waals surface area (Å²) in [6.07, 6.45) is 0. The second-order valence-corrected chi connectivity index (χ2v) is 23.3. The van der Waals surface area contributed by atoms with E-state index in [1.807, 2.05) is 36.4 Å². The van der Waals surface area contributed by atoms with Gasteiger partial charge in [0.05, 0.1) is 43.3 Å². The zero-order valence-electron chi connectivity index (χ0n) is 36.6. The highest BCUT2D eigenvalue weighted by molar-refractivity contribution is 6.76. The Labute approximate surface area is 506 Å². The van der Waals surface area contributed by atoms with Crippen LogP contribution in [0.25, 0.3) is 22.1 Å². The van der Waals surface area contributed by atoms with Crippen molar-refractivity contribution in [3.05, 3.63) is 175 Å². The van der Waals surface area contributed by atoms with Gasteiger partial charge in [0.25, 0.3) is 3.79 Å². The monoisotopic (exact) mass is 1340 g/mol. The van der Waals surface area contributed by atoms with Crippen molar-refractivity contribution < 1.29 is 28.8 Å². The molecule has 0 bridgehead atoms. The SMILES string of the molecule is COC(=N)C(Cl)(Cl)Cl.Clc1ccc(COc2cc(Cl)c(Cl)c(Cl)c2Cl)cc1.Clc1ccc(COc2cc3[nH]c(C(Cl)(Cl)Cl)nc3c(Cl)c2Cl)cc1.O=C(O)c1nc2c(Cl)c(Cl)c(OCc3ccc(Cl)cc3)cc2[nH]1. The van der Waals surface area contributed by atoms with Crippen molar-refractivity contribution in [2.24, 2.45) is 0 Å². The number of halogens is 17. The van der Waals surface area contributed by atoms with Gasteiger partial charge in [0.1, 0.15) is 63.2 Å². The van der Waals surface area contributed by atoms with Crippen molar-refractivity contribution in [2.75, 3.05) is 7.11 Å². The van der Waals surface area contributed by atoms with Crippen LogP contribution in [-0.2, 0) is 28.4 Å². The molecule has 0 aliphatic heterocycles. The summed E-state index contributed by atoms with van der Waals surface area (Å²) in [6.45, 7) is 0.883. The summed E-state index contributed by atoms with van der Waals surface area (Å²) in [6, 6.07) is 26.5. The minimum Gasteiger partial charge on any atom is -0.487 e. The number of methoxy groups -OCH3 is 1. The maximum Gasteiger partial charge on any atom is 0.371 e. The maximum absolute atomic E-state index is 11.0. The number of aromatic amines is 2. The lowest BCUT2D eigenvalue weighted by atomic mass is 10.2. The molecule has 4 N–H and O–H groups in total. The molecule has 0 saturated heterocycles. The zero-order chi connectivity index (χ0) is 54.8. The van der Waals surface area contributed by atoms with E-state index in [1.165, 1.54) is 13.2 Å². The number of H-pyrrole nitrogens is 2. The Morgan fingerprint density at radius 2 is 0.892 bits per heavy atom. The van der Waals surface area contributed by atoms with E-state index in [1.54, 1.807) is 48.5 Å². The van der Waals surface area contributed by atoms with Crippen molar-refractivity contribution in [3.63, 3.8) is 0 Å². The van der Waals surface area contributed by atoms with Crippen molar-refractivity contribution >= 4 is 231 Å². The van der Waals surface area contributed by atoms with Crippen LogP contribution in [0.15, 0.2) is 91.0 Å². The maximum atomic E-state index is 11.0. The molecule has 0 radical (unpaired) electrons. The number of aromatic carboxylic acids is 1. The summed E-state index contributed by atoms with van der Waals surface area (Å²) in [5, 5.41) is 19.4. The Bertz CT molecular complexity index is 3260. The molecule has 6 aromatic carbocycles. The van der Waals surface area contributed by atoms with Gasteiger partial charge in [-0.1, -0.05) is 234 Å². The molecule has 2 aromatic heterocycles. The predicted molar refractivity (Wildman–Crippen MR) is 307 cm³/mol. The van der Waals surface area contributed by atoms with Gasteiger partial charge >= 0.3 is 5.97 Å². The molecule has 0 spiro atoms. The van der Waals surface area contributed by atoms with Crippen LogP contribution in [0.1, 0.15) is 33.1 Å². The molecule has 28 heteroatoms. The van der Waals surface area contributed by atoms with Crippen LogP contribution in [0.3, 0.4) is 0 Å². The molecule has 11 nitrogen and oxygen atoms in total. The Hall–Kier alpha value is -2.47. The smallest absolute Gasteiger partial charge is 0.371 e. The fraction of sp³-hybridized carbons (Fsp3) is 0.130. The molecular weight excluding hydrogens is 1320 g/mol. The van der Waals surface area contributed by atoms with E-state index < -0.39 is 13.6 Å². The Balaban J connectivity index is 0.000000192. The molecule has 0 atom stereocenters. The van der Waals surface area contributed by atoms with Gasteiger partial charge in [-0.15, -0.1) is 0 Å². The highest BCUT2D eigenvalue weighted by atomic mass is 35.6. The number of benzene rings is 6. The van der Waals surface area contributed by atoms with Gasteiger partial charge in [-0.05, 0) is 53.1 Å². The minimum atomic E-state index is -1.71. The minimum absolute atomic E-state index is 0.138. The third-order valence-electron chi connectivity index (χ3n) is 9.17. The number of carbonyl (C=O) groups is 1. The summed E-state index contributed by atoms with van der Waals surface area (Å²) in [7, 11) is 1.27. The molecule has 0 saturated carbocycles. The summed E-state index contributed by atoms with van der Waals surface area (Å²) in [5.74, 6) is -0.512. The number of carboxylic acid groups (broad SMARTS) is 1. The van der Waals surface area contributed by atoms with Crippen LogP contribution < -0.4 is 14.2 Å². The summed E-state index contributed by atoms with van der Waals surface area (Å²) >= 11 is 99.1. The molecule has 0 fully saturated rings. The number of imidazole rings is 2. The van der Waals surface area contributed by atoms with E-state index in [0.717, 1.165) is 16.7 Å². The first-order chi connectivity index (χ1) is 34.7. The number of hydrogen-bond donors (Lipinski definition) is 4. The van der Waals surface area contributed by atoms with Gasteiger partial charge < -0.3 is 34.0 Å². The fourth-order valence-corrected chi connectivity index (χ4v) is 8.16. The lowest BCUT2D eigenvalue weighted by Gasteiger charge is -2.11. The van der Waals surface area contributed by atoms with Crippen LogP contribution >= 0.6 is 197 Å². The third-order valence-corrected chi connectivity index (χ3v) is 14.4. The number of hydrogen-bond acceptors (Lipinski definition) is 8. The molecular formula is C46H28Cl17N5O6. The Kier molecular flexibility index (Phi) is 23.5. The number of rotatable bonds is 10. The molecule has 8 rings (SSSR count). The number of nitrogens with zero attached hydrogens (tertiary/aromatic N) is 2. The van der Waals surface area contributed by atoms with Crippen molar-refractivity contribution in [2.45, 2.75) is 27.4 Å². The van der Waals surface area contributed by atoms with Crippen LogP contribution in [-0.4, -0.2) is 47.8 Å². The average molecular weight is 1350 g/mol. The molecule has 74 heavy (non-hydrogen) atoms. The topological polar surface area (TPSA) is 155 Å². The summed E-state index contributed by atoms with van der Waals surface area (Å²) < 4.78 is 17.9. The molecule has 0 aliphatic rings. The van der Waals surface area contributed by atoms with E-state index >= 15 is 0 Å². The number of fused-ring (bicyclic) bond motifs is 2. The molecule has 392 valence electrons. The van der Waals surface area contributed by atoms with Crippen LogP contribution in [0.5, 0.6) is 17.2 Å². The van der Waals surface area contributed by atoms with E-state index in [-0.39, 0.29) is 64.8 Å². The number of ether oxygens (including phenoxy) is 4. The second-order valence-electron chi connectivity index (χ2n) is 14.3. The fourth-order valence-electron chi connectivity index (χ4n) is 5.57. The molecule has 0 aliphatic carbocycles. The van der Waals surface area contributed by atoms with E-state index in [0.29, 0.717) is 67.1 Å². The quantitative estimate of drug-likeness (QED) is 0.0347. The lowest BCUT2D eigenvalue weighted by molar-refractivity contribution is 0.0685. The van der Waals surface area contributed by atoms with Gasteiger partial charge in [0.15, 0.2) is 5.82 Å². The van der Waals surface area contributed by atoms with Crippen molar-refractivity contribution in [1.82, 2.24) is 19.9 Å². The first-order valence-electron chi connectivity index (χ1n) is 19.9. The Morgan fingerprint density at radius 3 is 1.24 bits per heavy atom. The van der Waals surface area contributed by atoms with Crippen LogP contribution in [0.4, 0.5) is 0 Å². The van der Waals surface area contributed by atoms with Crippen LogP contribution in [0, 0.1) is 5.41 Å². The van der Waals surface area contributed by atoms with E-state index in [9.17, 15) is 4.79 Å². The molecule has 0 amide bonds. The van der Waals surface area contributed by atoms with Gasteiger partial charge in [-0.2, -0.15) is 0 Å². The number of aromatic nitrogens is 4. The molecule has 8 aromatic rings. The van der Waals surface area contributed by atoms with Gasteiger partial charge in [-0.25, -0.2) is 14.8 Å². The second kappa shape index (κ2) is 27.9. The average Bonchev–Trinajstić information content (AvgIpc) is 4.01. The lowest BCUT2D eigenvalue weighted by Crippen LogP contribution is -2.18. The number of nitrogens with one attached hydrogen (secondary N) is 3. The summed E-state index contributed by atoms with van der Waals surface area (Å²) in [5.41, 5.74) is 4.45. The predicted octanol–water partition coefficient (Wildman–Crippen LogP) is 20.2. The number of carboxylic acids is 1. The van der Waals surface area contributed by atoms with Gasteiger partial charge in [-0.3, -0.25) is 5.41 Å². The first-order valence-corrected chi connectivity index (χ1v) is 26.3. The Morgan fingerprint density at radius 1 is 0.527 bits per heavy atom. The van der Waals surface area contributed by atoms with E-state index in [4.69, 9.17) is 222 Å².